The van der Waals surface area contributed by atoms with Crippen LogP contribution in [0, 0.1) is 0 Å². The van der Waals surface area contributed by atoms with Crippen LogP contribution in [0.15, 0.2) is 24.3 Å². The van der Waals surface area contributed by atoms with Crippen molar-refractivity contribution >= 4 is 5.69 Å². The summed E-state index contributed by atoms with van der Waals surface area (Å²) in [5, 5.41) is 9.14. The molecule has 1 aromatic rings. The number of benzene rings is 1. The Bertz CT molecular complexity index is 368. The summed E-state index contributed by atoms with van der Waals surface area (Å²) in [6.07, 6.45) is 0.723. The summed E-state index contributed by atoms with van der Waals surface area (Å²) in [5.41, 5.74) is 1.10. The maximum atomic E-state index is 9.14. The van der Waals surface area contributed by atoms with Crippen LogP contribution < -0.4 is 9.64 Å². The second-order valence-corrected chi connectivity index (χ2v) is 4.34. The number of aliphatic hydroxyl groups is 1. The molecule has 4 nitrogen and oxygen atoms in total. The summed E-state index contributed by atoms with van der Waals surface area (Å²) in [7, 11) is 0. The summed E-state index contributed by atoms with van der Waals surface area (Å²) in [6, 6.07) is 8.29. The summed E-state index contributed by atoms with van der Waals surface area (Å²) in [4.78, 5) is 2.28. The second kappa shape index (κ2) is 6.61. The average molecular weight is 251 g/mol. The van der Waals surface area contributed by atoms with Gasteiger partial charge in [0.25, 0.3) is 0 Å². The van der Waals surface area contributed by atoms with Crippen molar-refractivity contribution in [1.29, 1.82) is 0 Å². The van der Waals surface area contributed by atoms with E-state index in [0.29, 0.717) is 13.2 Å². The average Bonchev–Trinajstić information content (AvgIpc) is 2.41. The van der Waals surface area contributed by atoms with Crippen molar-refractivity contribution in [3.8, 4) is 5.75 Å². The second-order valence-electron chi connectivity index (χ2n) is 4.34. The third-order valence-electron chi connectivity index (χ3n) is 3.16. The van der Waals surface area contributed by atoms with Crippen molar-refractivity contribution in [2.24, 2.45) is 0 Å². The van der Waals surface area contributed by atoms with Gasteiger partial charge in [0, 0.05) is 13.2 Å². The number of aliphatic hydroxyl groups excluding tert-OH is 1. The quantitative estimate of drug-likeness (QED) is 0.864. The molecular weight excluding hydrogens is 230 g/mol. The number of morpholine rings is 1. The lowest BCUT2D eigenvalue weighted by Gasteiger charge is -2.37. The first-order chi connectivity index (χ1) is 8.86. The van der Waals surface area contributed by atoms with Crippen molar-refractivity contribution in [1.82, 2.24) is 0 Å². The SMILES string of the molecule is CCOc1ccccc1N1CCOCC1CCO. The van der Waals surface area contributed by atoms with E-state index in [1.54, 1.807) is 0 Å². The number of anilines is 1. The van der Waals surface area contributed by atoms with E-state index >= 15 is 0 Å². The van der Waals surface area contributed by atoms with Gasteiger partial charge in [-0.1, -0.05) is 12.1 Å². The predicted molar refractivity (Wildman–Crippen MR) is 71.3 cm³/mol. The summed E-state index contributed by atoms with van der Waals surface area (Å²) < 4.78 is 11.2. The number of rotatable bonds is 5. The molecule has 4 heteroatoms. The Hall–Kier alpha value is -1.26. The van der Waals surface area contributed by atoms with Gasteiger partial charge >= 0.3 is 0 Å². The van der Waals surface area contributed by atoms with Gasteiger partial charge in [-0.15, -0.1) is 0 Å². The number of hydrogen-bond acceptors (Lipinski definition) is 4. The molecule has 0 aromatic heterocycles. The standard InChI is InChI=1S/C14H21NO3/c1-2-18-14-6-4-3-5-13(14)15-8-10-17-11-12(15)7-9-16/h3-6,12,16H,2,7-11H2,1H3. The summed E-state index contributed by atoms with van der Waals surface area (Å²) >= 11 is 0. The van der Waals surface area contributed by atoms with Crippen molar-refractivity contribution in [3.63, 3.8) is 0 Å². The molecule has 0 radical (unpaired) electrons. The molecule has 100 valence electrons. The van der Waals surface area contributed by atoms with Gasteiger partial charge in [0.15, 0.2) is 0 Å². The Balaban J connectivity index is 2.21. The molecule has 1 N–H and O–H groups in total. The smallest absolute Gasteiger partial charge is 0.142 e. The summed E-state index contributed by atoms with van der Waals surface area (Å²) in [6.45, 7) is 5.06. The van der Waals surface area contributed by atoms with E-state index in [4.69, 9.17) is 14.6 Å². The van der Waals surface area contributed by atoms with Crippen molar-refractivity contribution in [3.05, 3.63) is 24.3 Å². The third-order valence-corrected chi connectivity index (χ3v) is 3.16. The first-order valence-corrected chi connectivity index (χ1v) is 6.54. The minimum absolute atomic E-state index is 0.182. The van der Waals surface area contributed by atoms with E-state index in [0.717, 1.165) is 31.0 Å². The molecule has 0 aliphatic carbocycles. The lowest BCUT2D eigenvalue weighted by atomic mass is 10.1. The van der Waals surface area contributed by atoms with Crippen LogP contribution in [-0.2, 0) is 4.74 Å². The molecule has 0 amide bonds. The molecule has 1 heterocycles. The molecule has 1 aromatic carbocycles. The van der Waals surface area contributed by atoms with E-state index < -0.39 is 0 Å². The Labute approximate surface area is 108 Å². The van der Waals surface area contributed by atoms with Gasteiger partial charge in [-0.3, -0.25) is 0 Å². The van der Waals surface area contributed by atoms with Gasteiger partial charge in [0.1, 0.15) is 5.75 Å². The van der Waals surface area contributed by atoms with Crippen LogP contribution in [0.1, 0.15) is 13.3 Å². The van der Waals surface area contributed by atoms with Crippen molar-refractivity contribution in [2.45, 2.75) is 19.4 Å². The minimum atomic E-state index is 0.182. The zero-order valence-electron chi connectivity index (χ0n) is 10.8. The molecule has 18 heavy (non-hydrogen) atoms. The van der Waals surface area contributed by atoms with Crippen LogP contribution >= 0.6 is 0 Å². The molecule has 1 unspecified atom stereocenters. The number of para-hydroxylation sites is 2. The Kier molecular flexibility index (Phi) is 4.84. The first-order valence-electron chi connectivity index (χ1n) is 6.54. The first kappa shape index (κ1) is 13.2. The van der Waals surface area contributed by atoms with Crippen LogP contribution in [0.25, 0.3) is 0 Å². The Morgan fingerprint density at radius 3 is 3.06 bits per heavy atom. The fraction of sp³-hybridized carbons (Fsp3) is 0.571. The van der Waals surface area contributed by atoms with Crippen molar-refractivity contribution < 1.29 is 14.6 Å². The fourth-order valence-corrected chi connectivity index (χ4v) is 2.33. The lowest BCUT2D eigenvalue weighted by Crippen LogP contribution is -2.46. The van der Waals surface area contributed by atoms with E-state index in [9.17, 15) is 0 Å². The highest BCUT2D eigenvalue weighted by Crippen LogP contribution is 2.31. The largest absolute Gasteiger partial charge is 0.492 e. The molecule has 1 atom stereocenters. The molecule has 1 aliphatic rings. The van der Waals surface area contributed by atoms with E-state index in [1.807, 2.05) is 25.1 Å². The zero-order valence-corrected chi connectivity index (χ0v) is 10.8. The molecule has 0 spiro atoms. The minimum Gasteiger partial charge on any atom is -0.492 e. The monoisotopic (exact) mass is 251 g/mol. The summed E-state index contributed by atoms with van der Waals surface area (Å²) in [5.74, 6) is 0.907. The Morgan fingerprint density at radius 1 is 1.44 bits per heavy atom. The van der Waals surface area contributed by atoms with Crippen LogP contribution in [0.2, 0.25) is 0 Å². The maximum absolute atomic E-state index is 9.14. The zero-order chi connectivity index (χ0) is 12.8. The Morgan fingerprint density at radius 2 is 2.28 bits per heavy atom. The van der Waals surface area contributed by atoms with Gasteiger partial charge in [-0.05, 0) is 25.5 Å². The molecule has 2 rings (SSSR count). The van der Waals surface area contributed by atoms with Gasteiger partial charge in [0.05, 0.1) is 31.5 Å². The third kappa shape index (κ3) is 2.94. The fourth-order valence-electron chi connectivity index (χ4n) is 2.33. The van der Waals surface area contributed by atoms with E-state index in [2.05, 4.69) is 11.0 Å². The van der Waals surface area contributed by atoms with Crippen LogP contribution in [0.5, 0.6) is 5.75 Å². The van der Waals surface area contributed by atoms with E-state index in [1.165, 1.54) is 0 Å². The number of hydrogen-bond donors (Lipinski definition) is 1. The highest BCUT2D eigenvalue weighted by molar-refractivity contribution is 5.59. The van der Waals surface area contributed by atoms with Crippen LogP contribution in [-0.4, -0.2) is 44.1 Å². The van der Waals surface area contributed by atoms with E-state index in [-0.39, 0.29) is 12.6 Å². The molecule has 1 aliphatic heterocycles. The lowest BCUT2D eigenvalue weighted by molar-refractivity contribution is 0.0846. The van der Waals surface area contributed by atoms with Crippen LogP contribution in [0.3, 0.4) is 0 Å². The van der Waals surface area contributed by atoms with Gasteiger partial charge in [0.2, 0.25) is 0 Å². The molecule has 0 saturated carbocycles. The maximum Gasteiger partial charge on any atom is 0.142 e. The highest BCUT2D eigenvalue weighted by atomic mass is 16.5. The predicted octanol–water partition coefficient (Wildman–Crippen LogP) is 1.67. The number of ether oxygens (including phenoxy) is 2. The van der Waals surface area contributed by atoms with Crippen LogP contribution in [0.4, 0.5) is 5.69 Å². The number of nitrogens with zero attached hydrogens (tertiary/aromatic N) is 1. The molecule has 0 bridgehead atoms. The van der Waals surface area contributed by atoms with Gasteiger partial charge < -0.3 is 19.5 Å². The topological polar surface area (TPSA) is 41.9 Å². The van der Waals surface area contributed by atoms with Crippen molar-refractivity contribution in [2.75, 3.05) is 37.9 Å². The highest BCUT2D eigenvalue weighted by Gasteiger charge is 2.24. The molecule has 1 saturated heterocycles. The van der Waals surface area contributed by atoms with Gasteiger partial charge in [-0.25, -0.2) is 0 Å². The van der Waals surface area contributed by atoms with Gasteiger partial charge in [-0.2, -0.15) is 0 Å². The molecule has 1 fully saturated rings. The normalized spacial score (nSPS) is 19.9. The molecular formula is C14H21NO3.